The number of hydrogen-bond acceptors (Lipinski definition) is 4. The van der Waals surface area contributed by atoms with E-state index in [-0.39, 0.29) is 5.91 Å². The highest BCUT2D eigenvalue weighted by Crippen LogP contribution is 2.23. The minimum Gasteiger partial charge on any atom is -0.366 e. The van der Waals surface area contributed by atoms with E-state index in [2.05, 4.69) is 31.9 Å². The summed E-state index contributed by atoms with van der Waals surface area (Å²) in [5, 5.41) is 2.88. The number of likely N-dealkylation sites (tertiary alicyclic amines) is 1. The van der Waals surface area contributed by atoms with Crippen LogP contribution in [0.1, 0.15) is 23.2 Å². The first-order valence-electron chi connectivity index (χ1n) is 10.6. The molecule has 7 nitrogen and oxygen atoms in total. The molecule has 3 aromatic rings. The quantitative estimate of drug-likeness (QED) is 0.618. The fraction of sp³-hybridized carbons (Fsp3) is 0.292. The fourth-order valence-corrected chi connectivity index (χ4v) is 4.03. The van der Waals surface area contributed by atoms with Gasteiger partial charge in [-0.25, -0.2) is 4.98 Å². The van der Waals surface area contributed by atoms with E-state index < -0.39 is 5.91 Å². The van der Waals surface area contributed by atoms with Gasteiger partial charge in [0.2, 0.25) is 11.8 Å². The molecule has 7 heteroatoms. The lowest BCUT2D eigenvalue weighted by atomic mass is 9.96. The van der Waals surface area contributed by atoms with E-state index in [0.717, 1.165) is 43.9 Å². The number of rotatable bonds is 7. The molecule has 2 heterocycles. The standard InChI is InChI=1S/C24H27N5O2/c25-23(31)19-6-8-21(9-7-19)27-22(30)17-28-13-10-18(11-14-28)16-29-15-12-26-24(29)20-4-2-1-3-5-20/h1-9,12,15,18H,10-11,13-14,16-17H2,(H2,25,31)(H,27,30). The number of benzene rings is 2. The highest BCUT2D eigenvalue weighted by molar-refractivity contribution is 5.95. The first kappa shape index (κ1) is 20.8. The third-order valence-electron chi connectivity index (χ3n) is 5.73. The lowest BCUT2D eigenvalue weighted by Gasteiger charge is -2.31. The van der Waals surface area contributed by atoms with E-state index in [1.54, 1.807) is 24.3 Å². The normalized spacial score (nSPS) is 15.0. The Balaban J connectivity index is 1.25. The zero-order valence-electron chi connectivity index (χ0n) is 17.4. The Hall–Kier alpha value is -3.45. The molecule has 160 valence electrons. The summed E-state index contributed by atoms with van der Waals surface area (Å²) >= 11 is 0. The summed E-state index contributed by atoms with van der Waals surface area (Å²) in [7, 11) is 0. The van der Waals surface area contributed by atoms with Gasteiger partial charge in [0.15, 0.2) is 0 Å². The van der Waals surface area contributed by atoms with Crippen LogP contribution in [-0.2, 0) is 11.3 Å². The molecule has 0 radical (unpaired) electrons. The molecule has 0 saturated carbocycles. The summed E-state index contributed by atoms with van der Waals surface area (Å²) in [4.78, 5) is 30.2. The zero-order valence-corrected chi connectivity index (χ0v) is 17.4. The number of anilines is 1. The van der Waals surface area contributed by atoms with Gasteiger partial charge in [-0.2, -0.15) is 0 Å². The summed E-state index contributed by atoms with van der Waals surface area (Å²) in [6.45, 7) is 3.10. The van der Waals surface area contributed by atoms with Crippen LogP contribution in [0.4, 0.5) is 5.69 Å². The highest BCUT2D eigenvalue weighted by atomic mass is 16.2. The number of imidazole rings is 1. The molecule has 0 aliphatic carbocycles. The van der Waals surface area contributed by atoms with Gasteiger partial charge < -0.3 is 15.6 Å². The molecule has 0 unspecified atom stereocenters. The molecule has 31 heavy (non-hydrogen) atoms. The topological polar surface area (TPSA) is 93.2 Å². The van der Waals surface area contributed by atoms with E-state index in [1.807, 2.05) is 30.6 Å². The van der Waals surface area contributed by atoms with Crippen molar-refractivity contribution < 1.29 is 9.59 Å². The van der Waals surface area contributed by atoms with Crippen LogP contribution in [0, 0.1) is 5.92 Å². The van der Waals surface area contributed by atoms with E-state index in [1.165, 1.54) is 0 Å². The van der Waals surface area contributed by atoms with Crippen molar-refractivity contribution in [2.75, 3.05) is 25.0 Å². The molecular weight excluding hydrogens is 390 g/mol. The number of carbonyl (C=O) groups is 2. The molecule has 2 amide bonds. The van der Waals surface area contributed by atoms with Crippen molar-refractivity contribution in [3.8, 4) is 11.4 Å². The first-order valence-corrected chi connectivity index (χ1v) is 10.6. The minimum absolute atomic E-state index is 0.0498. The molecule has 3 N–H and O–H groups in total. The van der Waals surface area contributed by atoms with Crippen LogP contribution in [0.2, 0.25) is 0 Å². The molecule has 1 fully saturated rings. The Labute approximate surface area is 181 Å². The number of primary amides is 1. The van der Waals surface area contributed by atoms with Crippen molar-refractivity contribution in [3.63, 3.8) is 0 Å². The lowest BCUT2D eigenvalue weighted by molar-refractivity contribution is -0.117. The Morgan fingerprint density at radius 2 is 1.74 bits per heavy atom. The summed E-state index contributed by atoms with van der Waals surface area (Å²) in [5.41, 5.74) is 7.46. The van der Waals surface area contributed by atoms with Gasteiger partial charge in [-0.1, -0.05) is 30.3 Å². The average Bonchev–Trinajstić information content (AvgIpc) is 3.24. The molecule has 1 aliphatic rings. The van der Waals surface area contributed by atoms with E-state index in [0.29, 0.717) is 23.7 Å². The molecular formula is C24H27N5O2. The monoisotopic (exact) mass is 417 g/mol. The summed E-state index contributed by atoms with van der Waals surface area (Å²) in [5.74, 6) is 1.04. The second kappa shape index (κ2) is 9.57. The number of piperidine rings is 1. The van der Waals surface area contributed by atoms with Crippen molar-refractivity contribution in [1.29, 1.82) is 0 Å². The first-order chi connectivity index (χ1) is 15.1. The van der Waals surface area contributed by atoms with Gasteiger partial charge in [0.1, 0.15) is 5.82 Å². The molecule has 1 saturated heterocycles. The molecule has 1 aliphatic heterocycles. The van der Waals surface area contributed by atoms with Crippen molar-refractivity contribution in [3.05, 3.63) is 72.6 Å². The summed E-state index contributed by atoms with van der Waals surface area (Å²) in [6, 6.07) is 16.9. The van der Waals surface area contributed by atoms with Crippen molar-refractivity contribution in [1.82, 2.24) is 14.5 Å². The number of nitrogens with zero attached hydrogens (tertiary/aromatic N) is 3. The lowest BCUT2D eigenvalue weighted by Crippen LogP contribution is -2.40. The Morgan fingerprint density at radius 3 is 2.42 bits per heavy atom. The van der Waals surface area contributed by atoms with Gasteiger partial charge in [-0.05, 0) is 56.1 Å². The zero-order chi connectivity index (χ0) is 21.6. The maximum atomic E-state index is 12.4. The number of nitrogens with two attached hydrogens (primary N) is 1. The maximum Gasteiger partial charge on any atom is 0.248 e. The SMILES string of the molecule is NC(=O)c1ccc(NC(=O)CN2CCC(Cn3ccnc3-c3ccccc3)CC2)cc1. The number of amides is 2. The second-order valence-corrected chi connectivity index (χ2v) is 7.98. The van der Waals surface area contributed by atoms with E-state index in [9.17, 15) is 9.59 Å². The summed E-state index contributed by atoms with van der Waals surface area (Å²) < 4.78 is 2.23. The molecule has 0 spiro atoms. The highest BCUT2D eigenvalue weighted by Gasteiger charge is 2.22. The van der Waals surface area contributed by atoms with Gasteiger partial charge >= 0.3 is 0 Å². The van der Waals surface area contributed by atoms with Crippen LogP contribution in [0.25, 0.3) is 11.4 Å². The second-order valence-electron chi connectivity index (χ2n) is 7.98. The fourth-order valence-electron chi connectivity index (χ4n) is 4.03. The molecule has 2 aromatic carbocycles. The molecule has 0 atom stereocenters. The molecule has 0 bridgehead atoms. The smallest absolute Gasteiger partial charge is 0.248 e. The Bertz CT molecular complexity index is 1020. The predicted octanol–water partition coefficient (Wildman–Crippen LogP) is 3.00. The average molecular weight is 418 g/mol. The van der Waals surface area contributed by atoms with Gasteiger partial charge in [0.05, 0.1) is 6.54 Å². The van der Waals surface area contributed by atoms with E-state index in [4.69, 9.17) is 5.73 Å². The Kier molecular flexibility index (Phi) is 6.43. The molecule has 4 rings (SSSR count). The van der Waals surface area contributed by atoms with Gasteiger partial charge in [0, 0.05) is 35.8 Å². The number of hydrogen-bond donors (Lipinski definition) is 2. The van der Waals surface area contributed by atoms with Crippen LogP contribution in [0.3, 0.4) is 0 Å². The predicted molar refractivity (Wildman–Crippen MR) is 120 cm³/mol. The van der Waals surface area contributed by atoms with Gasteiger partial charge in [-0.3, -0.25) is 14.5 Å². The molecule has 1 aromatic heterocycles. The van der Waals surface area contributed by atoms with Gasteiger partial charge in [0.25, 0.3) is 0 Å². The third kappa shape index (κ3) is 5.38. The maximum absolute atomic E-state index is 12.4. The van der Waals surface area contributed by atoms with E-state index >= 15 is 0 Å². The number of nitrogens with one attached hydrogen (secondary N) is 1. The van der Waals surface area contributed by atoms with Crippen molar-refractivity contribution >= 4 is 17.5 Å². The number of aromatic nitrogens is 2. The van der Waals surface area contributed by atoms with Crippen LogP contribution in [-0.4, -0.2) is 45.9 Å². The van der Waals surface area contributed by atoms with Crippen LogP contribution in [0.5, 0.6) is 0 Å². The summed E-state index contributed by atoms with van der Waals surface area (Å²) in [6.07, 6.45) is 6.00. The number of carbonyl (C=O) groups excluding carboxylic acids is 2. The van der Waals surface area contributed by atoms with Crippen LogP contribution in [0.15, 0.2) is 67.0 Å². The van der Waals surface area contributed by atoms with Crippen molar-refractivity contribution in [2.24, 2.45) is 11.7 Å². The minimum atomic E-state index is -0.479. The van der Waals surface area contributed by atoms with Crippen LogP contribution >= 0.6 is 0 Å². The van der Waals surface area contributed by atoms with Crippen molar-refractivity contribution in [2.45, 2.75) is 19.4 Å². The Morgan fingerprint density at radius 1 is 1.03 bits per heavy atom. The van der Waals surface area contributed by atoms with Crippen LogP contribution < -0.4 is 11.1 Å². The third-order valence-corrected chi connectivity index (χ3v) is 5.73. The van der Waals surface area contributed by atoms with Gasteiger partial charge in [-0.15, -0.1) is 0 Å². The largest absolute Gasteiger partial charge is 0.366 e.